The van der Waals surface area contributed by atoms with Gasteiger partial charge in [-0.1, -0.05) is 39.0 Å². The SMILES string of the molecule is CCCCCCCCOc1nccc(C(=O)O)c1F. The van der Waals surface area contributed by atoms with E-state index in [0.29, 0.717) is 6.61 Å². The number of carbonyl (C=O) groups is 1. The molecule has 4 nitrogen and oxygen atoms in total. The number of hydrogen-bond donors (Lipinski definition) is 1. The summed E-state index contributed by atoms with van der Waals surface area (Å²) in [5.41, 5.74) is -0.409. The average molecular weight is 269 g/mol. The normalized spacial score (nSPS) is 10.4. The smallest absolute Gasteiger partial charge is 0.338 e. The van der Waals surface area contributed by atoms with Gasteiger partial charge in [0.1, 0.15) is 5.56 Å². The predicted octanol–water partition coefficient (Wildman–Crippen LogP) is 3.66. The van der Waals surface area contributed by atoms with Crippen LogP contribution in [0.3, 0.4) is 0 Å². The fourth-order valence-corrected chi connectivity index (χ4v) is 1.74. The molecule has 0 aromatic carbocycles. The Balaban J connectivity index is 2.33. The standard InChI is InChI=1S/C14H20FNO3/c1-2-3-4-5-6-7-10-19-13-12(15)11(14(17)18)8-9-16-13/h8-9H,2-7,10H2,1H3,(H,17,18). The van der Waals surface area contributed by atoms with Crippen molar-refractivity contribution in [2.75, 3.05) is 6.61 Å². The zero-order valence-corrected chi connectivity index (χ0v) is 11.2. The number of halogens is 1. The first-order valence-corrected chi connectivity index (χ1v) is 6.67. The van der Waals surface area contributed by atoms with E-state index < -0.39 is 17.3 Å². The molecule has 19 heavy (non-hydrogen) atoms. The molecular weight excluding hydrogens is 249 g/mol. The van der Waals surface area contributed by atoms with E-state index in [1.165, 1.54) is 25.5 Å². The minimum Gasteiger partial charge on any atom is -0.478 e. The molecule has 0 saturated heterocycles. The van der Waals surface area contributed by atoms with Crippen molar-refractivity contribution in [1.82, 2.24) is 4.98 Å². The molecule has 0 saturated carbocycles. The molecule has 106 valence electrons. The van der Waals surface area contributed by atoms with Gasteiger partial charge < -0.3 is 9.84 Å². The summed E-state index contributed by atoms with van der Waals surface area (Å²) in [6, 6.07) is 1.12. The summed E-state index contributed by atoms with van der Waals surface area (Å²) in [6.45, 7) is 2.52. The number of carboxylic acids is 1. The van der Waals surface area contributed by atoms with Gasteiger partial charge >= 0.3 is 5.97 Å². The van der Waals surface area contributed by atoms with Crippen LogP contribution in [-0.4, -0.2) is 22.7 Å². The maximum absolute atomic E-state index is 13.6. The summed E-state index contributed by atoms with van der Waals surface area (Å²) < 4.78 is 18.8. The van der Waals surface area contributed by atoms with Gasteiger partial charge in [0, 0.05) is 6.20 Å². The molecule has 1 N–H and O–H groups in total. The van der Waals surface area contributed by atoms with E-state index in [1.807, 2.05) is 0 Å². The van der Waals surface area contributed by atoms with E-state index in [1.54, 1.807) is 0 Å². The quantitative estimate of drug-likeness (QED) is 0.695. The molecule has 5 heteroatoms. The molecule has 1 aromatic heterocycles. The number of rotatable bonds is 9. The highest BCUT2D eigenvalue weighted by molar-refractivity contribution is 5.88. The van der Waals surface area contributed by atoms with Crippen molar-refractivity contribution in [3.8, 4) is 5.88 Å². The third kappa shape index (κ3) is 5.24. The Kier molecular flexibility index (Phi) is 6.85. The lowest BCUT2D eigenvalue weighted by Crippen LogP contribution is -2.06. The Hall–Kier alpha value is -1.65. The van der Waals surface area contributed by atoms with Crippen LogP contribution in [0.1, 0.15) is 55.8 Å². The van der Waals surface area contributed by atoms with Gasteiger partial charge in [0.25, 0.3) is 5.88 Å². The zero-order chi connectivity index (χ0) is 14.1. The second kappa shape index (κ2) is 8.45. The highest BCUT2D eigenvalue weighted by Crippen LogP contribution is 2.17. The monoisotopic (exact) mass is 269 g/mol. The molecule has 1 aromatic rings. The number of aromatic nitrogens is 1. The van der Waals surface area contributed by atoms with Crippen molar-refractivity contribution in [2.24, 2.45) is 0 Å². The lowest BCUT2D eigenvalue weighted by atomic mass is 10.1. The molecule has 0 aliphatic heterocycles. The third-order valence-electron chi connectivity index (χ3n) is 2.82. The van der Waals surface area contributed by atoms with Crippen molar-refractivity contribution in [2.45, 2.75) is 45.4 Å². The maximum atomic E-state index is 13.6. The summed E-state index contributed by atoms with van der Waals surface area (Å²) in [5, 5.41) is 8.76. The summed E-state index contributed by atoms with van der Waals surface area (Å²) in [5.74, 6) is -2.45. The van der Waals surface area contributed by atoms with Gasteiger partial charge in [0.2, 0.25) is 0 Å². The molecular formula is C14H20FNO3. The largest absolute Gasteiger partial charge is 0.478 e. The van der Waals surface area contributed by atoms with Gasteiger partial charge in [-0.2, -0.15) is 0 Å². The number of unbranched alkanes of at least 4 members (excludes halogenated alkanes) is 5. The second-order valence-corrected chi connectivity index (χ2v) is 4.40. The molecule has 0 radical (unpaired) electrons. The minimum absolute atomic E-state index is 0.228. The second-order valence-electron chi connectivity index (χ2n) is 4.40. The molecule has 1 rings (SSSR count). The van der Waals surface area contributed by atoms with E-state index in [0.717, 1.165) is 25.3 Å². The number of carboxylic acid groups (broad SMARTS) is 1. The zero-order valence-electron chi connectivity index (χ0n) is 11.2. The lowest BCUT2D eigenvalue weighted by Gasteiger charge is -2.07. The first kappa shape index (κ1) is 15.4. The van der Waals surface area contributed by atoms with E-state index >= 15 is 0 Å². The van der Waals surface area contributed by atoms with Gasteiger partial charge in [0.15, 0.2) is 5.82 Å². The van der Waals surface area contributed by atoms with Gasteiger partial charge in [0.05, 0.1) is 6.61 Å². The van der Waals surface area contributed by atoms with Crippen LogP contribution in [0.2, 0.25) is 0 Å². The minimum atomic E-state index is -1.32. The van der Waals surface area contributed by atoms with E-state index in [-0.39, 0.29) is 5.88 Å². The fourth-order valence-electron chi connectivity index (χ4n) is 1.74. The van der Waals surface area contributed by atoms with E-state index in [4.69, 9.17) is 9.84 Å². The molecule has 0 fully saturated rings. The number of nitrogens with zero attached hydrogens (tertiary/aromatic N) is 1. The fraction of sp³-hybridized carbons (Fsp3) is 0.571. The summed E-state index contributed by atoms with van der Waals surface area (Å²) >= 11 is 0. The molecule has 0 aliphatic rings. The molecule has 0 aliphatic carbocycles. The molecule has 0 atom stereocenters. The Bertz CT molecular complexity index is 410. The van der Waals surface area contributed by atoms with Crippen molar-refractivity contribution in [3.63, 3.8) is 0 Å². The summed E-state index contributed by atoms with van der Waals surface area (Å²) in [4.78, 5) is 14.4. The van der Waals surface area contributed by atoms with Gasteiger partial charge in [-0.05, 0) is 12.5 Å². The number of pyridine rings is 1. The van der Waals surface area contributed by atoms with Crippen LogP contribution in [0, 0.1) is 5.82 Å². The first-order chi connectivity index (χ1) is 9.16. The van der Waals surface area contributed by atoms with Crippen LogP contribution in [0.25, 0.3) is 0 Å². The van der Waals surface area contributed by atoms with Crippen LogP contribution < -0.4 is 4.74 Å². The Morgan fingerprint density at radius 2 is 2.00 bits per heavy atom. The summed E-state index contributed by atoms with van der Waals surface area (Å²) in [7, 11) is 0. The molecule has 1 heterocycles. The average Bonchev–Trinajstić information content (AvgIpc) is 2.39. The van der Waals surface area contributed by atoms with Crippen molar-refractivity contribution >= 4 is 5.97 Å². The Morgan fingerprint density at radius 3 is 2.68 bits per heavy atom. The van der Waals surface area contributed by atoms with Crippen LogP contribution in [0.4, 0.5) is 4.39 Å². The topological polar surface area (TPSA) is 59.4 Å². The van der Waals surface area contributed by atoms with Crippen LogP contribution >= 0.6 is 0 Å². The van der Waals surface area contributed by atoms with E-state index in [2.05, 4.69) is 11.9 Å². The van der Waals surface area contributed by atoms with Crippen LogP contribution in [-0.2, 0) is 0 Å². The maximum Gasteiger partial charge on any atom is 0.338 e. The number of hydrogen-bond acceptors (Lipinski definition) is 3. The van der Waals surface area contributed by atoms with Gasteiger partial charge in [-0.3, -0.25) is 0 Å². The molecule has 0 spiro atoms. The molecule has 0 amide bonds. The highest BCUT2D eigenvalue weighted by Gasteiger charge is 2.15. The van der Waals surface area contributed by atoms with Gasteiger partial charge in [-0.25, -0.2) is 14.2 Å². The van der Waals surface area contributed by atoms with Crippen molar-refractivity contribution in [3.05, 3.63) is 23.6 Å². The van der Waals surface area contributed by atoms with Crippen LogP contribution in [0.5, 0.6) is 5.88 Å². The van der Waals surface area contributed by atoms with Crippen molar-refractivity contribution < 1.29 is 19.0 Å². The van der Waals surface area contributed by atoms with Crippen LogP contribution in [0.15, 0.2) is 12.3 Å². The number of ether oxygens (including phenoxy) is 1. The van der Waals surface area contributed by atoms with E-state index in [9.17, 15) is 9.18 Å². The summed E-state index contributed by atoms with van der Waals surface area (Å²) in [6.07, 6.45) is 7.87. The Morgan fingerprint density at radius 1 is 1.32 bits per heavy atom. The molecule has 0 bridgehead atoms. The highest BCUT2D eigenvalue weighted by atomic mass is 19.1. The lowest BCUT2D eigenvalue weighted by molar-refractivity contribution is 0.0690. The number of aromatic carboxylic acids is 1. The third-order valence-corrected chi connectivity index (χ3v) is 2.82. The van der Waals surface area contributed by atoms with Gasteiger partial charge in [-0.15, -0.1) is 0 Å². The Labute approximate surface area is 112 Å². The molecule has 0 unspecified atom stereocenters. The van der Waals surface area contributed by atoms with Crippen molar-refractivity contribution in [1.29, 1.82) is 0 Å². The predicted molar refractivity (Wildman–Crippen MR) is 70.0 cm³/mol. The first-order valence-electron chi connectivity index (χ1n) is 6.67.